The van der Waals surface area contributed by atoms with Crippen molar-refractivity contribution < 1.29 is 23.8 Å². The number of carbonyl (C=O) groups excluding carboxylic acids is 2. The van der Waals surface area contributed by atoms with Crippen molar-refractivity contribution in [2.45, 2.75) is 71.1 Å². The molecule has 5 heteroatoms. The zero-order chi connectivity index (χ0) is 21.4. The van der Waals surface area contributed by atoms with Crippen molar-refractivity contribution in [2.24, 2.45) is 5.92 Å². The van der Waals surface area contributed by atoms with Crippen molar-refractivity contribution >= 4 is 11.8 Å². The average Bonchev–Trinajstić information content (AvgIpc) is 3.51. The number of carbonyl (C=O) groups is 2. The maximum Gasteiger partial charge on any atom is 0.309 e. The maximum atomic E-state index is 12.0. The normalized spacial score (nSPS) is 17.7. The second-order valence-corrected chi connectivity index (χ2v) is 8.21. The lowest BCUT2D eigenvalue weighted by Crippen LogP contribution is -2.22. The van der Waals surface area contributed by atoms with E-state index in [1.54, 1.807) is 14.0 Å². The lowest BCUT2D eigenvalue weighted by Gasteiger charge is -2.20. The molecule has 0 spiro atoms. The van der Waals surface area contributed by atoms with Crippen LogP contribution in [0.5, 0.6) is 5.75 Å². The predicted octanol–water partition coefficient (Wildman–Crippen LogP) is 4.55. The van der Waals surface area contributed by atoms with Crippen LogP contribution in [-0.2, 0) is 30.9 Å². The van der Waals surface area contributed by atoms with Crippen LogP contribution >= 0.6 is 0 Å². The smallest absolute Gasteiger partial charge is 0.309 e. The minimum atomic E-state index is -0.403. The van der Waals surface area contributed by atoms with E-state index in [9.17, 15) is 9.59 Å². The summed E-state index contributed by atoms with van der Waals surface area (Å²) >= 11 is 0. The summed E-state index contributed by atoms with van der Waals surface area (Å²) in [6.45, 7) is 7.85. The first-order chi connectivity index (χ1) is 13.9. The zero-order valence-electron chi connectivity index (χ0n) is 18.6. The fourth-order valence-corrected chi connectivity index (χ4v) is 4.34. The molecule has 2 fully saturated rings. The molecule has 2 aliphatic rings. The molecular formula is C24H36O5. The molecule has 0 radical (unpaired) electrons. The zero-order valence-corrected chi connectivity index (χ0v) is 18.6. The highest BCUT2D eigenvalue weighted by Gasteiger charge is 2.50. The Hall–Kier alpha value is -1.88. The van der Waals surface area contributed by atoms with Crippen molar-refractivity contribution in [1.29, 1.82) is 0 Å². The molecule has 0 bridgehead atoms. The van der Waals surface area contributed by atoms with Crippen molar-refractivity contribution in [2.75, 3.05) is 27.4 Å². The van der Waals surface area contributed by atoms with Crippen LogP contribution in [0.25, 0.3) is 0 Å². The Bertz CT molecular complexity index is 697. The monoisotopic (exact) mass is 404 g/mol. The number of ketones is 1. The van der Waals surface area contributed by atoms with Gasteiger partial charge in [0.25, 0.3) is 0 Å². The van der Waals surface area contributed by atoms with Crippen LogP contribution in [0.4, 0.5) is 0 Å². The van der Waals surface area contributed by atoms with Crippen molar-refractivity contribution in [3.8, 4) is 5.75 Å². The number of aryl methyl sites for hydroxylation is 1. The quantitative estimate of drug-likeness (QED) is 0.624. The topological polar surface area (TPSA) is 61.8 Å². The standard InChI is InChI=1S/C16H20O4.C8H16O/c1-10-7-13(19-3)8-12(9-14(18)20-4)15(10)16(5-6-16)11(2)17;1-2-3-8-4-6-9-7-5-8/h7-8H,5-6,9H2,1-4H3;8H,2-7H2,1H3. The highest BCUT2D eigenvalue weighted by atomic mass is 16.5. The van der Waals surface area contributed by atoms with Crippen LogP contribution in [-0.4, -0.2) is 39.2 Å². The van der Waals surface area contributed by atoms with E-state index in [4.69, 9.17) is 14.2 Å². The van der Waals surface area contributed by atoms with Crippen LogP contribution in [0, 0.1) is 12.8 Å². The van der Waals surface area contributed by atoms with Crippen molar-refractivity contribution in [3.05, 3.63) is 28.8 Å². The van der Waals surface area contributed by atoms with E-state index in [1.165, 1.54) is 32.8 Å². The van der Waals surface area contributed by atoms with E-state index in [0.717, 1.165) is 48.7 Å². The number of benzene rings is 1. The second-order valence-electron chi connectivity index (χ2n) is 8.21. The summed E-state index contributed by atoms with van der Waals surface area (Å²) in [5, 5.41) is 0. The van der Waals surface area contributed by atoms with Gasteiger partial charge in [-0.05, 0) is 74.3 Å². The third-order valence-corrected chi connectivity index (χ3v) is 6.13. The Morgan fingerprint density at radius 1 is 1.17 bits per heavy atom. The third kappa shape index (κ3) is 6.05. The summed E-state index contributed by atoms with van der Waals surface area (Å²) in [5.74, 6) is 1.53. The summed E-state index contributed by atoms with van der Waals surface area (Å²) in [7, 11) is 2.96. The van der Waals surface area contributed by atoms with Crippen molar-refractivity contribution in [1.82, 2.24) is 0 Å². The number of Topliss-reactive ketones (excluding diaryl/α,β-unsaturated/α-hetero) is 1. The molecule has 0 N–H and O–H groups in total. The molecule has 1 saturated carbocycles. The molecule has 1 heterocycles. The Morgan fingerprint density at radius 2 is 1.83 bits per heavy atom. The number of methoxy groups -OCH3 is 2. The van der Waals surface area contributed by atoms with Gasteiger partial charge < -0.3 is 14.2 Å². The SMILES string of the molecule is CCCC1CCOCC1.COC(=O)Cc1cc(OC)cc(C)c1C1(C(C)=O)CC1. The maximum absolute atomic E-state index is 12.0. The van der Waals surface area contributed by atoms with E-state index in [-0.39, 0.29) is 18.2 Å². The molecule has 29 heavy (non-hydrogen) atoms. The van der Waals surface area contributed by atoms with E-state index < -0.39 is 5.41 Å². The van der Waals surface area contributed by atoms with Crippen molar-refractivity contribution in [3.63, 3.8) is 0 Å². The fraction of sp³-hybridized carbons (Fsp3) is 0.667. The highest BCUT2D eigenvalue weighted by molar-refractivity contribution is 5.92. The molecule has 0 amide bonds. The van der Waals surface area contributed by atoms with E-state index in [0.29, 0.717) is 5.75 Å². The summed E-state index contributed by atoms with van der Waals surface area (Å²) in [6.07, 6.45) is 7.21. The van der Waals surface area contributed by atoms with Gasteiger partial charge in [0.15, 0.2) is 0 Å². The molecule has 1 aromatic rings. The molecule has 1 aromatic carbocycles. The number of hydrogen-bond acceptors (Lipinski definition) is 5. The number of hydrogen-bond donors (Lipinski definition) is 0. The first-order valence-electron chi connectivity index (χ1n) is 10.7. The van der Waals surface area contributed by atoms with Gasteiger partial charge in [0.1, 0.15) is 11.5 Å². The van der Waals surface area contributed by atoms with Crippen LogP contribution in [0.15, 0.2) is 12.1 Å². The molecule has 5 nitrogen and oxygen atoms in total. The molecule has 3 rings (SSSR count). The van der Waals surface area contributed by atoms with Gasteiger partial charge >= 0.3 is 5.97 Å². The van der Waals surface area contributed by atoms with E-state index >= 15 is 0 Å². The molecule has 0 aromatic heterocycles. The number of esters is 1. The predicted molar refractivity (Wildman–Crippen MR) is 113 cm³/mol. The van der Waals surface area contributed by atoms with Gasteiger partial charge in [-0.2, -0.15) is 0 Å². The molecular weight excluding hydrogens is 368 g/mol. The number of rotatable bonds is 7. The van der Waals surface area contributed by atoms with Crippen LogP contribution in [0.2, 0.25) is 0 Å². The minimum Gasteiger partial charge on any atom is -0.497 e. The summed E-state index contributed by atoms with van der Waals surface area (Å²) in [5.41, 5.74) is 2.41. The summed E-state index contributed by atoms with van der Waals surface area (Å²) < 4.78 is 15.3. The molecule has 0 atom stereocenters. The van der Waals surface area contributed by atoms with Gasteiger partial charge in [-0.15, -0.1) is 0 Å². The van der Waals surface area contributed by atoms with Gasteiger partial charge in [-0.1, -0.05) is 19.8 Å². The summed E-state index contributed by atoms with van der Waals surface area (Å²) in [6, 6.07) is 3.75. The first-order valence-corrected chi connectivity index (χ1v) is 10.7. The van der Waals surface area contributed by atoms with Gasteiger partial charge in [0.05, 0.1) is 26.1 Å². The minimum absolute atomic E-state index is 0.164. The lowest BCUT2D eigenvalue weighted by molar-refractivity contribution is -0.139. The fourth-order valence-electron chi connectivity index (χ4n) is 4.34. The van der Waals surface area contributed by atoms with Gasteiger partial charge in [0, 0.05) is 13.2 Å². The Kier molecular flexibility index (Phi) is 8.69. The van der Waals surface area contributed by atoms with E-state index in [2.05, 4.69) is 6.92 Å². The first kappa shape index (κ1) is 23.4. The second kappa shape index (κ2) is 10.8. The van der Waals surface area contributed by atoms with Crippen LogP contribution in [0.1, 0.15) is 69.1 Å². The Balaban J connectivity index is 0.000000278. The number of ether oxygens (including phenoxy) is 3. The lowest BCUT2D eigenvalue weighted by atomic mass is 9.84. The van der Waals surface area contributed by atoms with Crippen LogP contribution in [0.3, 0.4) is 0 Å². The Morgan fingerprint density at radius 3 is 2.31 bits per heavy atom. The largest absolute Gasteiger partial charge is 0.497 e. The van der Waals surface area contributed by atoms with E-state index in [1.807, 2.05) is 19.1 Å². The highest BCUT2D eigenvalue weighted by Crippen LogP contribution is 2.52. The van der Waals surface area contributed by atoms with Gasteiger partial charge in [-0.25, -0.2) is 0 Å². The molecule has 1 aliphatic heterocycles. The van der Waals surface area contributed by atoms with Crippen LogP contribution < -0.4 is 4.74 Å². The molecule has 0 unspecified atom stereocenters. The molecule has 162 valence electrons. The molecule has 1 aliphatic carbocycles. The Labute approximate surface area is 175 Å². The molecule has 1 saturated heterocycles. The van der Waals surface area contributed by atoms with Gasteiger partial charge in [-0.3, -0.25) is 9.59 Å². The third-order valence-electron chi connectivity index (χ3n) is 6.13. The van der Waals surface area contributed by atoms with Gasteiger partial charge in [0.2, 0.25) is 0 Å². The average molecular weight is 405 g/mol. The summed E-state index contributed by atoms with van der Waals surface area (Å²) in [4.78, 5) is 23.6.